The van der Waals surface area contributed by atoms with Gasteiger partial charge in [-0.2, -0.15) is 0 Å². The third kappa shape index (κ3) is 2.24. The van der Waals surface area contributed by atoms with Crippen LogP contribution < -0.4 is 0 Å². The van der Waals surface area contributed by atoms with Crippen LogP contribution in [0.15, 0.2) is 18.7 Å². The Bertz CT molecular complexity index is 434. The Morgan fingerprint density at radius 3 is 2.73 bits per heavy atom. The quantitative estimate of drug-likeness (QED) is 0.456. The van der Waals surface area contributed by atoms with Gasteiger partial charge in [0.15, 0.2) is 0 Å². The molecule has 0 aliphatic rings. The minimum atomic E-state index is -0.711. The first-order valence-corrected chi connectivity index (χ1v) is 4.22. The predicted molar refractivity (Wildman–Crippen MR) is 54.1 cm³/mol. The average Bonchev–Trinajstić information content (AvgIpc) is 2.16. The average molecular weight is 232 g/mol. The van der Waals surface area contributed by atoms with Crippen molar-refractivity contribution < 1.29 is 14.1 Å². The molecule has 0 aliphatic carbocycles. The second-order valence-electron chi connectivity index (χ2n) is 2.67. The van der Waals surface area contributed by atoms with Crippen LogP contribution >= 0.6 is 11.6 Å². The lowest BCUT2D eigenvalue weighted by molar-refractivity contribution is -0.384. The number of methoxy groups -OCH3 is 1. The van der Waals surface area contributed by atoms with Gasteiger partial charge in [-0.1, -0.05) is 18.2 Å². The van der Waals surface area contributed by atoms with Crippen molar-refractivity contribution in [3.8, 4) is 0 Å². The second-order valence-corrected chi connectivity index (χ2v) is 3.08. The zero-order valence-electron chi connectivity index (χ0n) is 7.79. The van der Waals surface area contributed by atoms with Crippen molar-refractivity contribution >= 4 is 23.0 Å². The van der Waals surface area contributed by atoms with Gasteiger partial charge in [-0.25, -0.2) is 4.39 Å². The van der Waals surface area contributed by atoms with Gasteiger partial charge in [0, 0.05) is 12.1 Å². The van der Waals surface area contributed by atoms with Crippen molar-refractivity contribution in [1.82, 2.24) is 0 Å². The molecule has 6 heteroatoms. The summed E-state index contributed by atoms with van der Waals surface area (Å²) in [5.41, 5.74) is -0.458. The normalized spacial score (nSPS) is 9.80. The van der Waals surface area contributed by atoms with Crippen LogP contribution in [0.1, 0.15) is 5.56 Å². The number of ether oxygens (including phenoxy) is 1. The van der Waals surface area contributed by atoms with E-state index in [4.69, 9.17) is 16.3 Å². The number of hydrogen-bond donors (Lipinski definition) is 0. The molecule has 15 heavy (non-hydrogen) atoms. The molecule has 0 atom stereocenters. The highest BCUT2D eigenvalue weighted by Crippen LogP contribution is 2.30. The number of hydrogen-bond acceptors (Lipinski definition) is 3. The number of nitrogens with zero attached hydrogens (tertiary/aromatic N) is 1. The van der Waals surface area contributed by atoms with E-state index in [0.717, 1.165) is 12.1 Å². The van der Waals surface area contributed by atoms with Crippen LogP contribution in [0.25, 0.3) is 5.76 Å². The van der Waals surface area contributed by atoms with Crippen molar-refractivity contribution in [1.29, 1.82) is 0 Å². The molecule has 1 aromatic carbocycles. The van der Waals surface area contributed by atoms with Crippen LogP contribution in [0.5, 0.6) is 0 Å². The third-order valence-corrected chi connectivity index (χ3v) is 2.08. The molecule has 0 aliphatic heterocycles. The summed E-state index contributed by atoms with van der Waals surface area (Å²) < 4.78 is 18.0. The Kier molecular flexibility index (Phi) is 3.26. The first-order chi connectivity index (χ1) is 6.97. The standard InChI is InChI=1S/C9H7ClFNO3/c1-5(15-2)6-3-9(12(13)14)7(10)4-8(6)11/h3-4H,1H2,2H3. The van der Waals surface area contributed by atoms with Gasteiger partial charge in [0.05, 0.1) is 17.6 Å². The minimum absolute atomic E-state index is 0.00673. The summed E-state index contributed by atoms with van der Waals surface area (Å²) >= 11 is 5.49. The molecule has 4 nitrogen and oxygen atoms in total. The number of nitro groups is 1. The highest BCUT2D eigenvalue weighted by atomic mass is 35.5. The molecular weight excluding hydrogens is 225 g/mol. The SMILES string of the molecule is C=C(OC)c1cc([N+](=O)[O-])c(Cl)cc1F. The molecular formula is C9H7ClFNO3. The molecule has 0 saturated carbocycles. The van der Waals surface area contributed by atoms with Gasteiger partial charge in [0.25, 0.3) is 5.69 Å². The Hall–Kier alpha value is -1.62. The maximum atomic E-state index is 13.3. The second kappa shape index (κ2) is 4.27. The lowest BCUT2D eigenvalue weighted by Crippen LogP contribution is -1.96. The van der Waals surface area contributed by atoms with Gasteiger partial charge in [0.2, 0.25) is 0 Å². The molecule has 0 saturated heterocycles. The fourth-order valence-electron chi connectivity index (χ4n) is 1.00. The maximum absolute atomic E-state index is 13.3. The van der Waals surface area contributed by atoms with Gasteiger partial charge in [-0.15, -0.1) is 0 Å². The molecule has 0 amide bonds. The first kappa shape index (κ1) is 11.5. The summed E-state index contributed by atoms with van der Waals surface area (Å²) in [6.07, 6.45) is 0. The van der Waals surface area contributed by atoms with E-state index in [2.05, 4.69) is 6.58 Å². The molecule has 0 fully saturated rings. The van der Waals surface area contributed by atoms with Gasteiger partial charge < -0.3 is 4.74 Å². The van der Waals surface area contributed by atoms with Crippen LogP contribution in [0.2, 0.25) is 5.02 Å². The van der Waals surface area contributed by atoms with Crippen LogP contribution in [0.4, 0.5) is 10.1 Å². The Morgan fingerprint density at radius 2 is 2.27 bits per heavy atom. The van der Waals surface area contributed by atoms with E-state index in [-0.39, 0.29) is 22.0 Å². The fraction of sp³-hybridized carbons (Fsp3) is 0.111. The summed E-state index contributed by atoms with van der Waals surface area (Å²) in [5.74, 6) is -0.704. The fourth-order valence-corrected chi connectivity index (χ4v) is 1.22. The van der Waals surface area contributed by atoms with Gasteiger partial charge in [-0.3, -0.25) is 10.1 Å². The topological polar surface area (TPSA) is 52.4 Å². The Balaban J connectivity index is 3.36. The molecule has 0 aromatic heterocycles. The summed E-state index contributed by atoms with van der Waals surface area (Å²) in [6, 6.07) is 1.85. The van der Waals surface area contributed by atoms with Crippen molar-refractivity contribution in [2.75, 3.05) is 7.11 Å². The molecule has 0 unspecified atom stereocenters. The van der Waals surface area contributed by atoms with E-state index in [1.165, 1.54) is 7.11 Å². The van der Waals surface area contributed by atoms with Crippen LogP contribution in [-0.2, 0) is 4.74 Å². The molecule has 0 heterocycles. The van der Waals surface area contributed by atoms with Crippen LogP contribution in [-0.4, -0.2) is 12.0 Å². The van der Waals surface area contributed by atoms with E-state index in [0.29, 0.717) is 0 Å². The van der Waals surface area contributed by atoms with Gasteiger partial charge >= 0.3 is 0 Å². The Morgan fingerprint density at radius 1 is 1.67 bits per heavy atom. The number of rotatable bonds is 3. The predicted octanol–water partition coefficient (Wildman–Crippen LogP) is 3.00. The van der Waals surface area contributed by atoms with E-state index >= 15 is 0 Å². The summed E-state index contributed by atoms with van der Waals surface area (Å²) in [7, 11) is 1.29. The number of nitro benzene ring substituents is 1. The zero-order valence-corrected chi connectivity index (χ0v) is 8.55. The number of benzene rings is 1. The molecule has 0 N–H and O–H groups in total. The van der Waals surface area contributed by atoms with Crippen molar-refractivity contribution in [2.24, 2.45) is 0 Å². The van der Waals surface area contributed by atoms with E-state index in [1.54, 1.807) is 0 Å². The molecule has 80 valence electrons. The highest BCUT2D eigenvalue weighted by Gasteiger charge is 2.18. The monoisotopic (exact) mass is 231 g/mol. The molecule has 0 radical (unpaired) electrons. The smallest absolute Gasteiger partial charge is 0.288 e. The lowest BCUT2D eigenvalue weighted by atomic mass is 10.1. The molecule has 1 aromatic rings. The van der Waals surface area contributed by atoms with Gasteiger partial charge in [-0.05, 0) is 0 Å². The highest BCUT2D eigenvalue weighted by molar-refractivity contribution is 6.32. The Labute approximate surface area is 90.1 Å². The first-order valence-electron chi connectivity index (χ1n) is 3.84. The van der Waals surface area contributed by atoms with E-state index in [1.807, 2.05) is 0 Å². The van der Waals surface area contributed by atoms with Crippen molar-refractivity contribution in [2.45, 2.75) is 0 Å². The molecule has 0 bridgehead atoms. The van der Waals surface area contributed by atoms with Gasteiger partial charge in [0.1, 0.15) is 16.6 Å². The maximum Gasteiger partial charge on any atom is 0.288 e. The summed E-state index contributed by atoms with van der Waals surface area (Å²) in [5, 5.41) is 10.3. The molecule has 0 spiro atoms. The molecule has 1 rings (SSSR count). The summed E-state index contributed by atoms with van der Waals surface area (Å²) in [6.45, 7) is 3.41. The van der Waals surface area contributed by atoms with E-state index in [9.17, 15) is 14.5 Å². The van der Waals surface area contributed by atoms with Crippen molar-refractivity contribution in [3.05, 3.63) is 45.2 Å². The minimum Gasteiger partial charge on any atom is -0.497 e. The van der Waals surface area contributed by atoms with Crippen LogP contribution in [0, 0.1) is 15.9 Å². The van der Waals surface area contributed by atoms with E-state index < -0.39 is 10.7 Å². The van der Waals surface area contributed by atoms with Crippen LogP contribution in [0.3, 0.4) is 0 Å². The zero-order chi connectivity index (χ0) is 11.6. The largest absolute Gasteiger partial charge is 0.497 e. The lowest BCUT2D eigenvalue weighted by Gasteiger charge is -2.06. The number of halogens is 2. The summed E-state index contributed by atoms with van der Waals surface area (Å²) in [4.78, 5) is 9.82. The van der Waals surface area contributed by atoms with Crippen molar-refractivity contribution in [3.63, 3.8) is 0 Å². The third-order valence-electron chi connectivity index (χ3n) is 1.78.